The van der Waals surface area contributed by atoms with Crippen LogP contribution in [0.2, 0.25) is 0 Å². The van der Waals surface area contributed by atoms with Crippen molar-refractivity contribution in [3.8, 4) is 17.2 Å². The molecule has 0 bridgehead atoms. The van der Waals surface area contributed by atoms with Crippen LogP contribution in [-0.4, -0.2) is 58.5 Å². The van der Waals surface area contributed by atoms with Crippen LogP contribution in [0.4, 0.5) is 0 Å². The fraction of sp³-hybridized carbons (Fsp3) is 0.500. The topological polar surface area (TPSA) is 54.0 Å². The Morgan fingerprint density at radius 3 is 2.41 bits per heavy atom. The van der Waals surface area contributed by atoms with Crippen LogP contribution in [0.15, 0.2) is 24.3 Å². The number of quaternary nitrogens is 1. The van der Waals surface area contributed by atoms with Crippen LogP contribution < -0.4 is 14.2 Å². The number of fused-ring (bicyclic) bond motifs is 1. The highest BCUT2D eigenvalue weighted by atomic mass is 16.5. The highest BCUT2D eigenvalue weighted by Crippen LogP contribution is 2.47. The molecule has 174 valence electrons. The minimum Gasteiger partial charge on any atom is -0.496 e. The standard InChI is InChI=1S/C26H36NO5/c1-17-15-20-11-13-27(4,12-8-14-32-19(3)28)25(24(20)26(31-7)18(17)2)21-9-10-22(29-5)23(16-21)30-6/h9-10,15-16,25H,8,11-14H2,1-7H3/q+1. The van der Waals surface area contributed by atoms with Gasteiger partial charge >= 0.3 is 5.97 Å². The molecule has 1 aliphatic rings. The van der Waals surface area contributed by atoms with Crippen LogP contribution in [0.3, 0.4) is 0 Å². The number of methoxy groups -OCH3 is 3. The summed E-state index contributed by atoms with van der Waals surface area (Å²) in [5.41, 5.74) is 6.15. The molecule has 2 aromatic rings. The number of benzene rings is 2. The number of nitrogens with zero attached hydrogens (tertiary/aromatic N) is 1. The number of carbonyl (C=O) groups is 1. The maximum Gasteiger partial charge on any atom is 0.302 e. The van der Waals surface area contributed by atoms with Crippen LogP contribution in [-0.2, 0) is 16.0 Å². The van der Waals surface area contributed by atoms with Gasteiger partial charge in [-0.2, -0.15) is 0 Å². The van der Waals surface area contributed by atoms with Crippen molar-refractivity contribution in [2.45, 2.75) is 39.7 Å². The van der Waals surface area contributed by atoms with E-state index in [1.165, 1.54) is 29.2 Å². The Bertz CT molecular complexity index is 987. The van der Waals surface area contributed by atoms with Crippen LogP contribution in [0.5, 0.6) is 17.2 Å². The number of carbonyl (C=O) groups excluding carboxylic acids is 1. The zero-order valence-corrected chi connectivity index (χ0v) is 20.4. The first-order valence-electron chi connectivity index (χ1n) is 11.1. The molecule has 6 heteroatoms. The van der Waals surface area contributed by atoms with Gasteiger partial charge in [-0.05, 0) is 48.7 Å². The molecule has 0 saturated carbocycles. The Balaban J connectivity index is 2.14. The zero-order chi connectivity index (χ0) is 23.5. The minimum atomic E-state index is -0.235. The van der Waals surface area contributed by atoms with Crippen molar-refractivity contribution in [2.75, 3.05) is 48.1 Å². The maximum atomic E-state index is 11.2. The molecule has 2 unspecified atom stereocenters. The number of hydrogen-bond donors (Lipinski definition) is 0. The van der Waals surface area contributed by atoms with E-state index in [9.17, 15) is 4.79 Å². The van der Waals surface area contributed by atoms with E-state index in [1.54, 1.807) is 21.3 Å². The minimum absolute atomic E-state index is 0.0603. The summed E-state index contributed by atoms with van der Waals surface area (Å²) >= 11 is 0. The average molecular weight is 443 g/mol. The van der Waals surface area contributed by atoms with E-state index in [1.807, 2.05) is 6.07 Å². The van der Waals surface area contributed by atoms with E-state index in [4.69, 9.17) is 18.9 Å². The van der Waals surface area contributed by atoms with Crippen LogP contribution >= 0.6 is 0 Å². The second kappa shape index (κ2) is 9.82. The van der Waals surface area contributed by atoms with E-state index in [0.717, 1.165) is 41.7 Å². The zero-order valence-electron chi connectivity index (χ0n) is 20.4. The monoisotopic (exact) mass is 442 g/mol. The van der Waals surface area contributed by atoms with Crippen molar-refractivity contribution < 1.29 is 28.2 Å². The van der Waals surface area contributed by atoms with Gasteiger partial charge in [0, 0.05) is 25.3 Å². The molecule has 0 N–H and O–H groups in total. The molecular weight excluding hydrogens is 406 g/mol. The van der Waals surface area contributed by atoms with Crippen LogP contribution in [0, 0.1) is 13.8 Å². The fourth-order valence-corrected chi connectivity index (χ4v) is 4.99. The number of likely N-dealkylation sites (N-methyl/N-ethyl adjacent to an activating group) is 1. The first kappa shape index (κ1) is 23.9. The van der Waals surface area contributed by atoms with Crippen molar-refractivity contribution in [2.24, 2.45) is 0 Å². The predicted octanol–water partition coefficient (Wildman–Crippen LogP) is 4.37. The Morgan fingerprint density at radius 2 is 1.78 bits per heavy atom. The first-order valence-corrected chi connectivity index (χ1v) is 11.1. The van der Waals surface area contributed by atoms with Gasteiger partial charge in [-0.15, -0.1) is 0 Å². The lowest BCUT2D eigenvalue weighted by atomic mass is 9.83. The first-order chi connectivity index (χ1) is 15.3. The normalized spacial score (nSPS) is 19.8. The lowest BCUT2D eigenvalue weighted by Gasteiger charge is -2.46. The molecule has 0 aromatic heterocycles. The van der Waals surface area contributed by atoms with Gasteiger partial charge in [0.2, 0.25) is 0 Å². The maximum absolute atomic E-state index is 11.2. The molecule has 2 aromatic carbocycles. The smallest absolute Gasteiger partial charge is 0.302 e. The summed E-state index contributed by atoms with van der Waals surface area (Å²) in [4.78, 5) is 11.2. The SMILES string of the molecule is COc1ccc(C2c3c(cc(C)c(C)c3OC)CC[N+]2(C)CCCOC(C)=O)cc1OC. The van der Waals surface area contributed by atoms with E-state index >= 15 is 0 Å². The summed E-state index contributed by atoms with van der Waals surface area (Å²) < 4.78 is 23.1. The van der Waals surface area contributed by atoms with Gasteiger partial charge in [-0.3, -0.25) is 4.79 Å². The highest BCUT2D eigenvalue weighted by molar-refractivity contribution is 5.65. The molecule has 2 atom stereocenters. The predicted molar refractivity (Wildman–Crippen MR) is 125 cm³/mol. The summed E-state index contributed by atoms with van der Waals surface area (Å²) in [6.07, 6.45) is 1.77. The number of rotatable bonds is 8. The van der Waals surface area contributed by atoms with E-state index in [2.05, 4.69) is 39.1 Å². The average Bonchev–Trinajstić information content (AvgIpc) is 2.77. The molecular formula is C26H36NO5+. The fourth-order valence-electron chi connectivity index (χ4n) is 4.99. The lowest BCUT2D eigenvalue weighted by Crippen LogP contribution is -2.52. The van der Waals surface area contributed by atoms with Gasteiger partial charge in [0.25, 0.3) is 0 Å². The Labute approximate surface area is 191 Å². The molecule has 3 rings (SSSR count). The summed E-state index contributed by atoms with van der Waals surface area (Å²) in [7, 11) is 7.36. The van der Waals surface area contributed by atoms with Gasteiger partial charge in [0.15, 0.2) is 11.5 Å². The van der Waals surface area contributed by atoms with Crippen molar-refractivity contribution in [3.05, 3.63) is 52.1 Å². The van der Waals surface area contributed by atoms with Gasteiger partial charge in [-0.1, -0.05) is 6.07 Å². The third-order valence-electron chi connectivity index (χ3n) is 6.75. The molecule has 1 heterocycles. The molecule has 0 spiro atoms. The number of esters is 1. The van der Waals surface area contributed by atoms with Gasteiger partial charge in [0.1, 0.15) is 11.8 Å². The van der Waals surface area contributed by atoms with Crippen LogP contribution in [0.25, 0.3) is 0 Å². The molecule has 6 nitrogen and oxygen atoms in total. The number of ether oxygens (including phenoxy) is 4. The lowest BCUT2D eigenvalue weighted by molar-refractivity contribution is -0.935. The van der Waals surface area contributed by atoms with Crippen molar-refractivity contribution >= 4 is 5.97 Å². The molecule has 0 aliphatic carbocycles. The van der Waals surface area contributed by atoms with Gasteiger partial charge in [-0.25, -0.2) is 0 Å². The molecule has 0 amide bonds. The van der Waals surface area contributed by atoms with Crippen molar-refractivity contribution in [3.63, 3.8) is 0 Å². The van der Waals surface area contributed by atoms with Crippen LogP contribution in [0.1, 0.15) is 47.2 Å². The second-order valence-corrected chi connectivity index (χ2v) is 8.81. The second-order valence-electron chi connectivity index (χ2n) is 8.81. The highest BCUT2D eigenvalue weighted by Gasteiger charge is 2.43. The Kier molecular flexibility index (Phi) is 7.34. The molecule has 32 heavy (non-hydrogen) atoms. The van der Waals surface area contributed by atoms with Crippen molar-refractivity contribution in [1.29, 1.82) is 0 Å². The summed E-state index contributed by atoms with van der Waals surface area (Å²) in [6, 6.07) is 8.54. The summed E-state index contributed by atoms with van der Waals surface area (Å²) in [6.45, 7) is 8.01. The quantitative estimate of drug-likeness (QED) is 0.345. The molecule has 1 aliphatic heterocycles. The number of aryl methyl sites for hydroxylation is 1. The van der Waals surface area contributed by atoms with Gasteiger partial charge < -0.3 is 23.4 Å². The summed E-state index contributed by atoms with van der Waals surface area (Å²) in [5.74, 6) is 2.15. The molecule has 0 saturated heterocycles. The third kappa shape index (κ3) is 4.56. The third-order valence-corrected chi connectivity index (χ3v) is 6.75. The molecule has 0 radical (unpaired) electrons. The van der Waals surface area contributed by atoms with Crippen molar-refractivity contribution in [1.82, 2.24) is 0 Å². The van der Waals surface area contributed by atoms with E-state index in [0.29, 0.717) is 18.1 Å². The molecule has 0 fully saturated rings. The number of hydrogen-bond acceptors (Lipinski definition) is 5. The van der Waals surface area contributed by atoms with E-state index < -0.39 is 0 Å². The summed E-state index contributed by atoms with van der Waals surface area (Å²) in [5, 5.41) is 0. The Morgan fingerprint density at radius 1 is 1.06 bits per heavy atom. The van der Waals surface area contributed by atoms with E-state index in [-0.39, 0.29) is 12.0 Å². The largest absolute Gasteiger partial charge is 0.496 e. The van der Waals surface area contributed by atoms with Gasteiger partial charge in [0.05, 0.1) is 53.6 Å². The Hall–Kier alpha value is -2.73.